The number of hydrogen-bond donors (Lipinski definition) is 2. The molecule has 4 aromatic rings. The fourth-order valence-electron chi connectivity index (χ4n) is 1.99. The molecule has 9 nitrogen and oxygen atoms in total. The van der Waals surface area contributed by atoms with Crippen LogP contribution in [-0.2, 0) is 0 Å². The van der Waals surface area contributed by atoms with Gasteiger partial charge in [0.15, 0.2) is 11.6 Å². The van der Waals surface area contributed by atoms with Crippen LogP contribution in [0.25, 0.3) is 11.3 Å². The first-order chi connectivity index (χ1) is 12.2. The zero-order chi connectivity index (χ0) is 17.2. The van der Waals surface area contributed by atoms with Crippen molar-refractivity contribution in [2.24, 2.45) is 0 Å². The number of nitrogens with zero attached hydrogens (tertiary/aromatic N) is 6. The van der Waals surface area contributed by atoms with Crippen LogP contribution in [0.5, 0.6) is 0 Å². The molecule has 0 aliphatic heterocycles. The Hall–Kier alpha value is -3.04. The highest BCUT2D eigenvalue weighted by Crippen LogP contribution is 2.26. The lowest BCUT2D eigenvalue weighted by atomic mass is 10.4. The first-order valence-corrected chi connectivity index (χ1v) is 7.70. The lowest BCUT2D eigenvalue weighted by Gasteiger charge is -2.11. The molecule has 0 radical (unpaired) electrons. The van der Waals surface area contributed by atoms with Crippen molar-refractivity contribution in [2.75, 3.05) is 10.6 Å². The Balaban J connectivity index is 1.72. The molecule has 0 atom stereocenters. The van der Waals surface area contributed by atoms with Crippen LogP contribution in [0, 0.1) is 0 Å². The molecular formula is C14H8Cl2N8O. The molecule has 4 aromatic heterocycles. The van der Waals surface area contributed by atoms with E-state index in [0.29, 0.717) is 33.3 Å². The van der Waals surface area contributed by atoms with Crippen molar-refractivity contribution in [1.29, 1.82) is 0 Å². The normalized spacial score (nSPS) is 10.8. The van der Waals surface area contributed by atoms with Crippen LogP contribution in [0.1, 0.15) is 0 Å². The maximum Gasteiger partial charge on any atom is 0.245 e. The van der Waals surface area contributed by atoms with E-state index < -0.39 is 0 Å². The van der Waals surface area contributed by atoms with Crippen LogP contribution < -0.4 is 10.6 Å². The molecule has 4 rings (SSSR count). The first-order valence-electron chi connectivity index (χ1n) is 6.95. The lowest BCUT2D eigenvalue weighted by molar-refractivity contribution is 0.314. The number of hydrogen-bond acceptors (Lipinski definition) is 9. The molecule has 0 spiro atoms. The monoisotopic (exact) mass is 374 g/mol. The second kappa shape index (κ2) is 6.46. The maximum absolute atomic E-state index is 5.80. The summed E-state index contributed by atoms with van der Waals surface area (Å²) in [6, 6.07) is 6.83. The standard InChI is InChI=1S/C14H8Cl2N8O/c15-9-3-1-7(5-17-9)19-11-12(20-8-2-4-10(16)18-6-8)22-14-13(21-11)23-25-24-14/h1-6H,(H,19,21,23)(H,20,22,24). The highest BCUT2D eigenvalue weighted by Gasteiger charge is 2.13. The Morgan fingerprint density at radius 2 is 1.20 bits per heavy atom. The average Bonchev–Trinajstić information content (AvgIpc) is 3.06. The van der Waals surface area contributed by atoms with Crippen molar-refractivity contribution in [1.82, 2.24) is 30.2 Å². The predicted octanol–water partition coefficient (Wildman–Crippen LogP) is 3.60. The smallest absolute Gasteiger partial charge is 0.245 e. The Bertz CT molecular complexity index is 938. The number of anilines is 4. The first kappa shape index (κ1) is 15.5. The van der Waals surface area contributed by atoms with Gasteiger partial charge in [-0.1, -0.05) is 23.2 Å². The van der Waals surface area contributed by atoms with Gasteiger partial charge in [0, 0.05) is 0 Å². The zero-order valence-corrected chi connectivity index (χ0v) is 13.8. The summed E-state index contributed by atoms with van der Waals surface area (Å²) in [6.07, 6.45) is 3.14. The molecule has 0 fully saturated rings. The molecule has 2 N–H and O–H groups in total. The third-order valence-corrected chi connectivity index (χ3v) is 3.54. The second-order valence-electron chi connectivity index (χ2n) is 4.82. The van der Waals surface area contributed by atoms with Gasteiger partial charge >= 0.3 is 0 Å². The quantitative estimate of drug-likeness (QED) is 0.516. The van der Waals surface area contributed by atoms with Gasteiger partial charge in [0.05, 0.1) is 23.8 Å². The van der Waals surface area contributed by atoms with Crippen molar-refractivity contribution in [3.05, 3.63) is 47.0 Å². The van der Waals surface area contributed by atoms with Crippen LogP contribution >= 0.6 is 23.2 Å². The summed E-state index contributed by atoms with van der Waals surface area (Å²) in [5, 5.41) is 14.4. The minimum Gasteiger partial charge on any atom is -0.336 e. The SMILES string of the molecule is Clc1ccc(Nc2nc3nonc3nc2Nc2ccc(Cl)nc2)cn1. The second-order valence-corrected chi connectivity index (χ2v) is 5.60. The van der Waals surface area contributed by atoms with E-state index in [2.05, 4.69) is 45.5 Å². The lowest BCUT2D eigenvalue weighted by Crippen LogP contribution is -2.03. The summed E-state index contributed by atoms with van der Waals surface area (Å²) in [4.78, 5) is 16.7. The summed E-state index contributed by atoms with van der Waals surface area (Å²) in [5.41, 5.74) is 1.88. The summed E-state index contributed by atoms with van der Waals surface area (Å²) in [5.74, 6) is 0.810. The summed E-state index contributed by atoms with van der Waals surface area (Å²) in [6.45, 7) is 0. The van der Waals surface area contributed by atoms with Crippen molar-refractivity contribution in [3.63, 3.8) is 0 Å². The number of pyridine rings is 2. The fraction of sp³-hybridized carbons (Fsp3) is 0. The number of nitrogens with one attached hydrogen (secondary N) is 2. The molecule has 0 aliphatic rings. The molecule has 0 amide bonds. The van der Waals surface area contributed by atoms with Gasteiger partial charge in [-0.2, -0.15) is 0 Å². The molecule has 0 aliphatic carbocycles. The largest absolute Gasteiger partial charge is 0.336 e. The highest BCUT2D eigenvalue weighted by atomic mass is 35.5. The molecule has 0 saturated heterocycles. The van der Waals surface area contributed by atoms with Crippen molar-refractivity contribution >= 4 is 57.5 Å². The predicted molar refractivity (Wildman–Crippen MR) is 92.5 cm³/mol. The van der Waals surface area contributed by atoms with E-state index in [1.807, 2.05) is 0 Å². The van der Waals surface area contributed by atoms with Gasteiger partial charge in [0.1, 0.15) is 10.3 Å². The molecule has 0 aromatic carbocycles. The van der Waals surface area contributed by atoms with E-state index in [9.17, 15) is 0 Å². The maximum atomic E-state index is 5.80. The van der Waals surface area contributed by atoms with E-state index in [1.54, 1.807) is 36.7 Å². The van der Waals surface area contributed by atoms with Gasteiger partial charge in [-0.3, -0.25) is 0 Å². The van der Waals surface area contributed by atoms with Crippen LogP contribution in [-0.4, -0.2) is 30.2 Å². The topological polar surface area (TPSA) is 115 Å². The number of halogens is 2. The molecule has 4 heterocycles. The Morgan fingerprint density at radius 1 is 0.720 bits per heavy atom. The fourth-order valence-corrected chi connectivity index (χ4v) is 2.21. The molecule has 0 saturated carbocycles. The third-order valence-electron chi connectivity index (χ3n) is 3.09. The van der Waals surface area contributed by atoms with Crippen molar-refractivity contribution < 1.29 is 4.63 Å². The number of fused-ring (bicyclic) bond motifs is 1. The highest BCUT2D eigenvalue weighted by molar-refractivity contribution is 6.29. The Morgan fingerprint density at radius 3 is 1.60 bits per heavy atom. The van der Waals surface area contributed by atoms with E-state index >= 15 is 0 Å². The third kappa shape index (κ3) is 3.42. The summed E-state index contributed by atoms with van der Waals surface area (Å²) < 4.78 is 4.67. The van der Waals surface area contributed by atoms with Crippen molar-refractivity contribution in [2.45, 2.75) is 0 Å². The van der Waals surface area contributed by atoms with E-state index in [-0.39, 0.29) is 11.3 Å². The molecule has 0 unspecified atom stereocenters. The Kier molecular flexibility index (Phi) is 4.00. The van der Waals surface area contributed by atoms with Gasteiger partial charge in [0.2, 0.25) is 11.3 Å². The van der Waals surface area contributed by atoms with E-state index in [1.165, 1.54) is 0 Å². The minimum absolute atomic E-state index is 0.268. The average molecular weight is 375 g/mol. The van der Waals surface area contributed by atoms with Crippen molar-refractivity contribution in [3.8, 4) is 0 Å². The summed E-state index contributed by atoms with van der Waals surface area (Å²) >= 11 is 11.6. The summed E-state index contributed by atoms with van der Waals surface area (Å²) in [7, 11) is 0. The van der Waals surface area contributed by atoms with Gasteiger partial charge in [0.25, 0.3) is 0 Å². The number of rotatable bonds is 4. The molecule has 0 bridgehead atoms. The molecule has 25 heavy (non-hydrogen) atoms. The zero-order valence-electron chi connectivity index (χ0n) is 12.3. The van der Waals surface area contributed by atoms with Gasteiger partial charge in [-0.25, -0.2) is 24.6 Å². The molecule has 124 valence electrons. The van der Waals surface area contributed by atoms with Gasteiger partial charge in [-0.15, -0.1) is 0 Å². The molecular weight excluding hydrogens is 367 g/mol. The van der Waals surface area contributed by atoms with Crippen LogP contribution in [0.15, 0.2) is 41.3 Å². The van der Waals surface area contributed by atoms with Gasteiger partial charge in [-0.05, 0) is 34.6 Å². The van der Waals surface area contributed by atoms with E-state index in [4.69, 9.17) is 23.2 Å². The van der Waals surface area contributed by atoms with Crippen LogP contribution in [0.4, 0.5) is 23.0 Å². The Labute approximate surface area is 150 Å². The van der Waals surface area contributed by atoms with E-state index in [0.717, 1.165) is 0 Å². The van der Waals surface area contributed by atoms with Crippen LogP contribution in [0.2, 0.25) is 10.3 Å². The molecule has 11 heteroatoms. The van der Waals surface area contributed by atoms with Crippen LogP contribution in [0.3, 0.4) is 0 Å². The minimum atomic E-state index is 0.268. The van der Waals surface area contributed by atoms with Gasteiger partial charge < -0.3 is 10.6 Å². The number of aromatic nitrogens is 6.